The number of rotatable bonds is 6. The van der Waals surface area contributed by atoms with E-state index in [1.54, 1.807) is 13.8 Å². The van der Waals surface area contributed by atoms with Crippen molar-refractivity contribution in [3.63, 3.8) is 0 Å². The molecule has 0 spiro atoms. The van der Waals surface area contributed by atoms with Crippen LogP contribution in [-0.4, -0.2) is 47.0 Å². The van der Waals surface area contributed by atoms with E-state index in [9.17, 15) is 0 Å². The SMILES string of the molecule is CCCN(C[C@H](C)O)C[C@H](C)O. The van der Waals surface area contributed by atoms with E-state index in [4.69, 9.17) is 10.2 Å². The summed E-state index contributed by atoms with van der Waals surface area (Å²) in [5.41, 5.74) is 0. The summed E-state index contributed by atoms with van der Waals surface area (Å²) >= 11 is 0. The lowest BCUT2D eigenvalue weighted by Gasteiger charge is -2.24. The van der Waals surface area contributed by atoms with Gasteiger partial charge >= 0.3 is 0 Å². The molecule has 0 aliphatic carbocycles. The molecule has 0 bridgehead atoms. The van der Waals surface area contributed by atoms with E-state index >= 15 is 0 Å². The quantitative estimate of drug-likeness (QED) is 0.616. The monoisotopic (exact) mass is 175 g/mol. The van der Waals surface area contributed by atoms with Crippen molar-refractivity contribution >= 4 is 0 Å². The molecule has 2 N–H and O–H groups in total. The first kappa shape index (κ1) is 11.9. The zero-order chi connectivity index (χ0) is 9.56. The second kappa shape index (κ2) is 6.40. The van der Waals surface area contributed by atoms with E-state index in [2.05, 4.69) is 11.8 Å². The summed E-state index contributed by atoms with van der Waals surface area (Å²) in [4.78, 5) is 2.08. The average molecular weight is 175 g/mol. The minimum atomic E-state index is -0.310. The molecule has 0 aliphatic heterocycles. The van der Waals surface area contributed by atoms with E-state index in [1.807, 2.05) is 0 Å². The van der Waals surface area contributed by atoms with Gasteiger partial charge in [0.1, 0.15) is 0 Å². The molecule has 0 aromatic rings. The van der Waals surface area contributed by atoms with Crippen molar-refractivity contribution in [3.05, 3.63) is 0 Å². The molecule has 0 saturated carbocycles. The Morgan fingerprint density at radius 3 is 1.75 bits per heavy atom. The fourth-order valence-corrected chi connectivity index (χ4v) is 1.32. The van der Waals surface area contributed by atoms with Gasteiger partial charge in [0.15, 0.2) is 0 Å². The standard InChI is InChI=1S/C9H21NO2/c1-4-5-10(6-8(2)11)7-9(3)12/h8-9,11-12H,4-7H2,1-3H3/t8-,9-/m0/s1. The largest absolute Gasteiger partial charge is 0.392 e. The normalized spacial score (nSPS) is 16.5. The molecule has 0 radical (unpaired) electrons. The van der Waals surface area contributed by atoms with Crippen LogP contribution in [0, 0.1) is 0 Å². The summed E-state index contributed by atoms with van der Waals surface area (Å²) in [5, 5.41) is 18.3. The molecule has 0 unspecified atom stereocenters. The van der Waals surface area contributed by atoms with Crippen molar-refractivity contribution in [1.29, 1.82) is 0 Å². The van der Waals surface area contributed by atoms with Crippen molar-refractivity contribution in [2.45, 2.75) is 39.4 Å². The van der Waals surface area contributed by atoms with Crippen molar-refractivity contribution in [3.8, 4) is 0 Å². The Morgan fingerprint density at radius 2 is 1.50 bits per heavy atom. The first-order chi connectivity index (χ1) is 5.56. The number of nitrogens with zero attached hydrogens (tertiary/aromatic N) is 1. The van der Waals surface area contributed by atoms with Crippen LogP contribution < -0.4 is 0 Å². The summed E-state index contributed by atoms with van der Waals surface area (Å²) in [7, 11) is 0. The third kappa shape index (κ3) is 6.58. The van der Waals surface area contributed by atoms with Gasteiger partial charge in [0, 0.05) is 13.1 Å². The van der Waals surface area contributed by atoms with Crippen LogP contribution in [0.3, 0.4) is 0 Å². The lowest BCUT2D eigenvalue weighted by Crippen LogP contribution is -2.36. The number of aliphatic hydroxyl groups excluding tert-OH is 2. The summed E-state index contributed by atoms with van der Waals surface area (Å²) in [6, 6.07) is 0. The molecule has 2 atom stereocenters. The van der Waals surface area contributed by atoms with Crippen LogP contribution in [0.1, 0.15) is 27.2 Å². The minimum absolute atomic E-state index is 0.310. The zero-order valence-corrected chi connectivity index (χ0v) is 8.32. The van der Waals surface area contributed by atoms with Crippen LogP contribution in [0.15, 0.2) is 0 Å². The van der Waals surface area contributed by atoms with Crippen LogP contribution in [0.4, 0.5) is 0 Å². The number of hydrogen-bond donors (Lipinski definition) is 2. The Bertz CT molecular complexity index is 94.7. The highest BCUT2D eigenvalue weighted by Crippen LogP contribution is 1.96. The van der Waals surface area contributed by atoms with Gasteiger partial charge in [-0.15, -0.1) is 0 Å². The summed E-state index contributed by atoms with van der Waals surface area (Å²) in [6.45, 7) is 7.87. The predicted molar refractivity (Wildman–Crippen MR) is 50.1 cm³/mol. The second-order valence-electron chi connectivity index (χ2n) is 3.46. The van der Waals surface area contributed by atoms with E-state index in [1.165, 1.54) is 0 Å². The molecule has 0 aromatic carbocycles. The van der Waals surface area contributed by atoms with E-state index in [-0.39, 0.29) is 12.2 Å². The molecule has 74 valence electrons. The van der Waals surface area contributed by atoms with Gasteiger partial charge in [0.25, 0.3) is 0 Å². The van der Waals surface area contributed by atoms with Crippen LogP contribution in [0.5, 0.6) is 0 Å². The van der Waals surface area contributed by atoms with Gasteiger partial charge in [0.2, 0.25) is 0 Å². The van der Waals surface area contributed by atoms with E-state index in [0.717, 1.165) is 13.0 Å². The highest BCUT2D eigenvalue weighted by atomic mass is 16.3. The maximum atomic E-state index is 9.14. The lowest BCUT2D eigenvalue weighted by atomic mass is 10.3. The third-order valence-electron chi connectivity index (χ3n) is 1.58. The smallest absolute Gasteiger partial charge is 0.0639 e. The Hall–Kier alpha value is -0.120. The molecule has 0 heterocycles. The summed E-state index contributed by atoms with van der Waals surface area (Å²) in [5.74, 6) is 0. The zero-order valence-electron chi connectivity index (χ0n) is 8.32. The van der Waals surface area contributed by atoms with Gasteiger partial charge in [-0.2, -0.15) is 0 Å². The molecule has 0 amide bonds. The first-order valence-electron chi connectivity index (χ1n) is 4.64. The summed E-state index contributed by atoms with van der Waals surface area (Å²) < 4.78 is 0. The molecule has 3 heteroatoms. The molecule has 0 rings (SSSR count). The Balaban J connectivity index is 3.69. The van der Waals surface area contributed by atoms with Crippen LogP contribution in [0.25, 0.3) is 0 Å². The Kier molecular flexibility index (Phi) is 6.34. The molecule has 0 fully saturated rings. The number of hydrogen-bond acceptors (Lipinski definition) is 3. The predicted octanol–water partition coefficient (Wildman–Crippen LogP) is 0.460. The Labute approximate surface area is 75.0 Å². The van der Waals surface area contributed by atoms with Gasteiger partial charge < -0.3 is 10.2 Å². The fraction of sp³-hybridized carbons (Fsp3) is 1.00. The van der Waals surface area contributed by atoms with Gasteiger partial charge in [-0.3, -0.25) is 4.90 Å². The van der Waals surface area contributed by atoms with Crippen molar-refractivity contribution in [2.24, 2.45) is 0 Å². The van der Waals surface area contributed by atoms with Crippen molar-refractivity contribution in [1.82, 2.24) is 4.90 Å². The fourth-order valence-electron chi connectivity index (χ4n) is 1.32. The minimum Gasteiger partial charge on any atom is -0.392 e. The molecular weight excluding hydrogens is 154 g/mol. The topological polar surface area (TPSA) is 43.7 Å². The molecule has 3 nitrogen and oxygen atoms in total. The molecule has 12 heavy (non-hydrogen) atoms. The van der Waals surface area contributed by atoms with E-state index in [0.29, 0.717) is 13.1 Å². The van der Waals surface area contributed by atoms with Gasteiger partial charge in [0.05, 0.1) is 12.2 Å². The van der Waals surface area contributed by atoms with Gasteiger partial charge in [-0.25, -0.2) is 0 Å². The highest BCUT2D eigenvalue weighted by Gasteiger charge is 2.09. The van der Waals surface area contributed by atoms with Crippen LogP contribution in [-0.2, 0) is 0 Å². The van der Waals surface area contributed by atoms with Crippen molar-refractivity contribution < 1.29 is 10.2 Å². The molecule has 0 aliphatic rings. The molecule has 0 saturated heterocycles. The second-order valence-corrected chi connectivity index (χ2v) is 3.46. The maximum Gasteiger partial charge on any atom is 0.0639 e. The summed E-state index contributed by atoms with van der Waals surface area (Å²) in [6.07, 6.45) is 0.435. The van der Waals surface area contributed by atoms with Crippen LogP contribution >= 0.6 is 0 Å². The number of aliphatic hydroxyl groups is 2. The Morgan fingerprint density at radius 1 is 1.08 bits per heavy atom. The third-order valence-corrected chi connectivity index (χ3v) is 1.58. The first-order valence-corrected chi connectivity index (χ1v) is 4.64. The maximum absolute atomic E-state index is 9.14. The average Bonchev–Trinajstić information content (AvgIpc) is 1.84. The lowest BCUT2D eigenvalue weighted by molar-refractivity contribution is 0.0837. The van der Waals surface area contributed by atoms with Crippen molar-refractivity contribution in [2.75, 3.05) is 19.6 Å². The molecule has 0 aromatic heterocycles. The highest BCUT2D eigenvalue weighted by molar-refractivity contribution is 4.63. The van der Waals surface area contributed by atoms with Gasteiger partial charge in [-0.05, 0) is 26.8 Å². The van der Waals surface area contributed by atoms with Gasteiger partial charge in [-0.1, -0.05) is 6.92 Å². The van der Waals surface area contributed by atoms with E-state index < -0.39 is 0 Å². The van der Waals surface area contributed by atoms with Crippen LogP contribution in [0.2, 0.25) is 0 Å². The molecular formula is C9H21NO2.